The van der Waals surface area contributed by atoms with Crippen LogP contribution in [0.2, 0.25) is 0 Å². The molecule has 22 heavy (non-hydrogen) atoms. The Labute approximate surface area is 123 Å². The molecular weight excluding hydrogens is 293 g/mol. The summed E-state index contributed by atoms with van der Waals surface area (Å²) in [6.45, 7) is 0. The van der Waals surface area contributed by atoms with Crippen molar-refractivity contribution in [2.45, 2.75) is 6.42 Å². The summed E-state index contributed by atoms with van der Waals surface area (Å²) in [5.41, 5.74) is 6.95. The zero-order valence-electron chi connectivity index (χ0n) is 11.3. The minimum Gasteiger partial charge on any atom is -0.399 e. The fourth-order valence-electron chi connectivity index (χ4n) is 2.06. The van der Waals surface area contributed by atoms with E-state index in [0.29, 0.717) is 22.9 Å². The van der Waals surface area contributed by atoms with Crippen LogP contribution in [-0.2, 0) is 6.42 Å². The molecule has 0 amide bonds. The molecule has 0 saturated heterocycles. The first-order chi connectivity index (χ1) is 10.5. The van der Waals surface area contributed by atoms with Gasteiger partial charge in [0.1, 0.15) is 5.82 Å². The van der Waals surface area contributed by atoms with E-state index in [1.54, 1.807) is 24.3 Å². The SMILES string of the molecule is Nc1cccc(-c2n[nH]c(Cc3ccc(F)c(F)c3F)n2)c1. The van der Waals surface area contributed by atoms with Crippen molar-refractivity contribution >= 4 is 5.69 Å². The van der Waals surface area contributed by atoms with Crippen LogP contribution >= 0.6 is 0 Å². The van der Waals surface area contributed by atoms with Crippen LogP contribution in [0.15, 0.2) is 36.4 Å². The van der Waals surface area contributed by atoms with Gasteiger partial charge in [-0.25, -0.2) is 18.2 Å². The summed E-state index contributed by atoms with van der Waals surface area (Å²) >= 11 is 0. The Kier molecular flexibility index (Phi) is 3.54. The van der Waals surface area contributed by atoms with E-state index in [1.807, 2.05) is 0 Å². The number of nitrogen functional groups attached to an aromatic ring is 1. The molecule has 0 spiro atoms. The van der Waals surface area contributed by atoms with Crippen LogP contribution < -0.4 is 5.73 Å². The monoisotopic (exact) mass is 304 g/mol. The molecule has 0 atom stereocenters. The highest BCUT2D eigenvalue weighted by atomic mass is 19.2. The molecule has 1 heterocycles. The highest BCUT2D eigenvalue weighted by Gasteiger charge is 2.15. The maximum atomic E-state index is 13.6. The summed E-state index contributed by atoms with van der Waals surface area (Å²) in [4.78, 5) is 4.21. The summed E-state index contributed by atoms with van der Waals surface area (Å²) in [5, 5.41) is 6.66. The Morgan fingerprint density at radius 2 is 1.86 bits per heavy atom. The Morgan fingerprint density at radius 3 is 2.64 bits per heavy atom. The Balaban J connectivity index is 1.88. The number of hydrogen-bond donors (Lipinski definition) is 2. The summed E-state index contributed by atoms with van der Waals surface area (Å²) in [6.07, 6.45) is -0.0294. The molecule has 3 rings (SSSR count). The second-order valence-corrected chi connectivity index (χ2v) is 4.74. The number of nitrogens with zero attached hydrogens (tertiary/aromatic N) is 2. The third-order valence-corrected chi connectivity index (χ3v) is 3.15. The van der Waals surface area contributed by atoms with Gasteiger partial charge in [-0.1, -0.05) is 18.2 Å². The lowest BCUT2D eigenvalue weighted by molar-refractivity contribution is 0.441. The first kappa shape index (κ1) is 14.1. The lowest BCUT2D eigenvalue weighted by Gasteiger charge is -2.02. The van der Waals surface area contributed by atoms with Gasteiger partial charge in [-0.15, -0.1) is 0 Å². The number of anilines is 1. The van der Waals surface area contributed by atoms with E-state index in [9.17, 15) is 13.2 Å². The van der Waals surface area contributed by atoms with E-state index in [1.165, 1.54) is 6.07 Å². The van der Waals surface area contributed by atoms with E-state index >= 15 is 0 Å². The van der Waals surface area contributed by atoms with Crippen molar-refractivity contribution in [3.8, 4) is 11.4 Å². The molecule has 112 valence electrons. The standard InChI is InChI=1S/C15H11F3N4/c16-11-5-4-8(13(17)14(11)18)7-12-20-15(22-21-12)9-2-1-3-10(19)6-9/h1-6H,7,19H2,(H,20,21,22). The smallest absolute Gasteiger partial charge is 0.194 e. The van der Waals surface area contributed by atoms with Gasteiger partial charge in [0.15, 0.2) is 23.3 Å². The minimum atomic E-state index is -1.49. The lowest BCUT2D eigenvalue weighted by Crippen LogP contribution is -2.00. The number of aromatic nitrogens is 3. The number of rotatable bonds is 3. The van der Waals surface area contributed by atoms with Crippen LogP contribution in [-0.4, -0.2) is 15.2 Å². The first-order valence-electron chi connectivity index (χ1n) is 6.44. The van der Waals surface area contributed by atoms with E-state index in [2.05, 4.69) is 15.2 Å². The number of hydrogen-bond acceptors (Lipinski definition) is 3. The van der Waals surface area contributed by atoms with Crippen molar-refractivity contribution in [3.63, 3.8) is 0 Å². The molecule has 7 heteroatoms. The number of H-pyrrole nitrogens is 1. The normalized spacial score (nSPS) is 10.9. The molecule has 3 aromatic rings. The van der Waals surface area contributed by atoms with Gasteiger partial charge in [-0.05, 0) is 23.8 Å². The zero-order chi connectivity index (χ0) is 15.7. The summed E-state index contributed by atoms with van der Waals surface area (Å²) in [5.74, 6) is -3.21. The summed E-state index contributed by atoms with van der Waals surface area (Å²) < 4.78 is 39.7. The Hall–Kier alpha value is -2.83. The van der Waals surface area contributed by atoms with Gasteiger partial charge in [0, 0.05) is 17.7 Å². The van der Waals surface area contributed by atoms with Gasteiger partial charge in [0.2, 0.25) is 0 Å². The summed E-state index contributed by atoms with van der Waals surface area (Å²) in [7, 11) is 0. The van der Waals surface area contributed by atoms with Crippen molar-refractivity contribution in [1.82, 2.24) is 15.2 Å². The van der Waals surface area contributed by atoms with Gasteiger partial charge >= 0.3 is 0 Å². The predicted molar refractivity (Wildman–Crippen MR) is 75.4 cm³/mol. The van der Waals surface area contributed by atoms with Gasteiger partial charge in [-0.2, -0.15) is 5.10 Å². The Morgan fingerprint density at radius 1 is 1.05 bits per heavy atom. The second kappa shape index (κ2) is 5.51. The number of nitrogens with one attached hydrogen (secondary N) is 1. The van der Waals surface area contributed by atoms with Crippen molar-refractivity contribution in [2.24, 2.45) is 0 Å². The second-order valence-electron chi connectivity index (χ2n) is 4.74. The van der Waals surface area contributed by atoms with Crippen LogP contribution in [0.1, 0.15) is 11.4 Å². The maximum absolute atomic E-state index is 13.6. The molecule has 1 aromatic heterocycles. The number of halogens is 3. The lowest BCUT2D eigenvalue weighted by atomic mass is 10.1. The van der Waals surface area contributed by atoms with Crippen molar-refractivity contribution < 1.29 is 13.2 Å². The molecule has 3 N–H and O–H groups in total. The molecule has 0 saturated carbocycles. The highest BCUT2D eigenvalue weighted by Crippen LogP contribution is 2.20. The minimum absolute atomic E-state index is 0.00539. The van der Waals surface area contributed by atoms with Crippen molar-refractivity contribution in [2.75, 3.05) is 5.73 Å². The first-order valence-corrected chi connectivity index (χ1v) is 6.44. The van der Waals surface area contributed by atoms with Gasteiger partial charge in [0.25, 0.3) is 0 Å². The summed E-state index contributed by atoms with van der Waals surface area (Å²) in [6, 6.07) is 9.02. The maximum Gasteiger partial charge on any atom is 0.194 e. The fourth-order valence-corrected chi connectivity index (χ4v) is 2.06. The van der Waals surface area contributed by atoms with Crippen molar-refractivity contribution in [1.29, 1.82) is 0 Å². The molecular formula is C15H11F3N4. The number of aromatic amines is 1. The highest BCUT2D eigenvalue weighted by molar-refractivity contribution is 5.60. The Bertz CT molecular complexity index is 829. The molecule has 0 unspecified atom stereocenters. The third kappa shape index (κ3) is 2.65. The predicted octanol–water partition coefficient (Wildman–Crippen LogP) is 3.06. The van der Waals surface area contributed by atoms with Gasteiger partial charge in [-0.3, -0.25) is 5.10 Å². The van der Waals surface area contributed by atoms with E-state index in [-0.39, 0.29) is 12.0 Å². The molecule has 0 aliphatic rings. The van der Waals surface area contributed by atoms with Crippen LogP contribution in [0.25, 0.3) is 11.4 Å². The molecule has 0 radical (unpaired) electrons. The zero-order valence-corrected chi connectivity index (χ0v) is 11.3. The van der Waals surface area contributed by atoms with Crippen LogP contribution in [0.5, 0.6) is 0 Å². The molecule has 2 aromatic carbocycles. The third-order valence-electron chi connectivity index (χ3n) is 3.15. The number of nitrogens with two attached hydrogens (primary N) is 1. The largest absolute Gasteiger partial charge is 0.399 e. The van der Waals surface area contributed by atoms with E-state index in [4.69, 9.17) is 5.73 Å². The van der Waals surface area contributed by atoms with Crippen LogP contribution in [0.3, 0.4) is 0 Å². The van der Waals surface area contributed by atoms with Crippen LogP contribution in [0.4, 0.5) is 18.9 Å². The molecule has 4 nitrogen and oxygen atoms in total. The molecule has 0 aliphatic heterocycles. The van der Waals surface area contributed by atoms with E-state index in [0.717, 1.165) is 6.07 Å². The van der Waals surface area contributed by atoms with Crippen molar-refractivity contribution in [3.05, 3.63) is 65.2 Å². The van der Waals surface area contributed by atoms with Gasteiger partial charge in [0.05, 0.1) is 0 Å². The molecule has 0 bridgehead atoms. The number of benzene rings is 2. The van der Waals surface area contributed by atoms with Gasteiger partial charge < -0.3 is 5.73 Å². The molecule has 0 aliphatic carbocycles. The fraction of sp³-hybridized carbons (Fsp3) is 0.0667. The average Bonchev–Trinajstić information content (AvgIpc) is 2.97. The van der Waals surface area contributed by atoms with E-state index < -0.39 is 17.5 Å². The quantitative estimate of drug-likeness (QED) is 0.577. The topological polar surface area (TPSA) is 67.6 Å². The molecule has 0 fully saturated rings. The average molecular weight is 304 g/mol. The van der Waals surface area contributed by atoms with Crippen LogP contribution in [0, 0.1) is 17.5 Å².